The highest BCUT2D eigenvalue weighted by molar-refractivity contribution is 5.93. The van der Waals surface area contributed by atoms with E-state index in [0.717, 1.165) is 5.56 Å². The summed E-state index contributed by atoms with van der Waals surface area (Å²) in [7, 11) is 0. The van der Waals surface area contributed by atoms with Crippen molar-refractivity contribution in [3.63, 3.8) is 0 Å². The number of carbonyl (C=O) groups is 2. The van der Waals surface area contributed by atoms with E-state index in [2.05, 4.69) is 0 Å². The highest BCUT2D eigenvalue weighted by Gasteiger charge is 2.14. The van der Waals surface area contributed by atoms with Crippen LogP contribution < -0.4 is 16.2 Å². The highest BCUT2D eigenvalue weighted by Crippen LogP contribution is 2.17. The number of rotatable bonds is 4. The first-order valence-corrected chi connectivity index (χ1v) is 6.27. The van der Waals surface area contributed by atoms with E-state index in [-0.39, 0.29) is 12.5 Å². The van der Waals surface area contributed by atoms with E-state index >= 15 is 0 Å². The fourth-order valence-electron chi connectivity index (χ4n) is 1.90. The lowest BCUT2D eigenvalue weighted by Crippen LogP contribution is -2.30. The number of benzene rings is 2. The summed E-state index contributed by atoms with van der Waals surface area (Å²) in [6, 6.07) is 15.4. The quantitative estimate of drug-likeness (QED) is 0.454. The van der Waals surface area contributed by atoms with Crippen molar-refractivity contribution in [1.82, 2.24) is 5.43 Å². The van der Waals surface area contributed by atoms with Gasteiger partial charge in [0.2, 0.25) is 0 Å². The minimum Gasteiger partial charge on any atom is -0.465 e. The topological polar surface area (TPSA) is 95.7 Å². The van der Waals surface area contributed by atoms with Gasteiger partial charge in [-0.3, -0.25) is 15.1 Å². The maximum atomic E-state index is 11.4. The molecule has 0 spiro atoms. The molecule has 21 heavy (non-hydrogen) atoms. The summed E-state index contributed by atoms with van der Waals surface area (Å²) >= 11 is 0. The lowest BCUT2D eigenvalue weighted by molar-refractivity contribution is 0.0953. The number of hydrogen-bond acceptors (Lipinski definition) is 3. The average Bonchev–Trinajstić information content (AvgIpc) is 2.53. The Bertz CT molecular complexity index is 626. The summed E-state index contributed by atoms with van der Waals surface area (Å²) in [5, 5.41) is 9.31. The number of nitrogens with one attached hydrogen (secondary N) is 1. The van der Waals surface area contributed by atoms with Crippen LogP contribution in [0, 0.1) is 0 Å². The van der Waals surface area contributed by atoms with Crippen molar-refractivity contribution >= 4 is 17.7 Å². The molecule has 2 aromatic carbocycles. The number of nitrogens with two attached hydrogens (primary N) is 1. The number of nitrogen functional groups attached to an aromatic ring is 1. The summed E-state index contributed by atoms with van der Waals surface area (Å²) in [6.07, 6.45) is -1.04. The van der Waals surface area contributed by atoms with Crippen molar-refractivity contribution in [2.45, 2.75) is 6.54 Å². The van der Waals surface area contributed by atoms with Crippen molar-refractivity contribution in [3.05, 3.63) is 65.7 Å². The molecule has 0 unspecified atom stereocenters. The lowest BCUT2D eigenvalue weighted by atomic mass is 10.1. The number of nitrogens with zero attached hydrogens (tertiary/aromatic N) is 1. The third-order valence-corrected chi connectivity index (χ3v) is 2.99. The Morgan fingerprint density at radius 3 is 2.19 bits per heavy atom. The van der Waals surface area contributed by atoms with Crippen molar-refractivity contribution in [1.29, 1.82) is 0 Å². The van der Waals surface area contributed by atoms with Gasteiger partial charge in [-0.2, -0.15) is 0 Å². The molecule has 2 rings (SSSR count). The van der Waals surface area contributed by atoms with Crippen LogP contribution in [0.3, 0.4) is 0 Å². The van der Waals surface area contributed by atoms with E-state index in [1.54, 1.807) is 48.5 Å². The normalized spacial score (nSPS) is 9.95. The monoisotopic (exact) mass is 285 g/mol. The SMILES string of the molecule is NNC(=O)c1ccc(CN(C(=O)O)c2ccccc2)cc1. The molecule has 4 N–H and O–H groups in total. The molecule has 0 radical (unpaired) electrons. The van der Waals surface area contributed by atoms with E-state index in [1.165, 1.54) is 4.90 Å². The molecule has 2 aromatic rings. The molecule has 108 valence electrons. The van der Waals surface area contributed by atoms with Gasteiger partial charge in [-0.15, -0.1) is 0 Å². The number of para-hydroxylation sites is 1. The summed E-state index contributed by atoms with van der Waals surface area (Å²) in [5.74, 6) is 4.66. The van der Waals surface area contributed by atoms with Gasteiger partial charge in [0, 0.05) is 11.3 Å². The molecule has 0 fully saturated rings. The van der Waals surface area contributed by atoms with Crippen LogP contribution in [0.2, 0.25) is 0 Å². The number of carboxylic acid groups (broad SMARTS) is 1. The maximum Gasteiger partial charge on any atom is 0.412 e. The van der Waals surface area contributed by atoms with Gasteiger partial charge in [0.25, 0.3) is 5.91 Å². The predicted molar refractivity (Wildman–Crippen MR) is 78.7 cm³/mol. The van der Waals surface area contributed by atoms with Gasteiger partial charge in [-0.1, -0.05) is 30.3 Å². The molecule has 0 aromatic heterocycles. The molecule has 0 aliphatic carbocycles. The van der Waals surface area contributed by atoms with Crippen LogP contribution in [0.15, 0.2) is 54.6 Å². The first-order chi connectivity index (χ1) is 10.1. The largest absolute Gasteiger partial charge is 0.465 e. The Hall–Kier alpha value is -2.86. The van der Waals surface area contributed by atoms with Crippen molar-refractivity contribution in [2.75, 3.05) is 4.90 Å². The van der Waals surface area contributed by atoms with Gasteiger partial charge in [0.05, 0.1) is 6.54 Å². The fraction of sp³-hybridized carbons (Fsp3) is 0.0667. The number of carbonyl (C=O) groups excluding carboxylic acids is 1. The maximum absolute atomic E-state index is 11.4. The predicted octanol–water partition coefficient (Wildman–Crippen LogP) is 1.97. The van der Waals surface area contributed by atoms with Crippen molar-refractivity contribution in [3.8, 4) is 0 Å². The van der Waals surface area contributed by atoms with Crippen molar-refractivity contribution < 1.29 is 14.7 Å². The van der Waals surface area contributed by atoms with Crippen LogP contribution >= 0.6 is 0 Å². The summed E-state index contributed by atoms with van der Waals surface area (Å²) < 4.78 is 0. The molecule has 0 bridgehead atoms. The smallest absolute Gasteiger partial charge is 0.412 e. The van der Waals surface area contributed by atoms with Crippen LogP contribution in [0.5, 0.6) is 0 Å². The van der Waals surface area contributed by atoms with Gasteiger partial charge < -0.3 is 5.11 Å². The summed E-state index contributed by atoms with van der Waals surface area (Å²) in [6.45, 7) is 0.198. The molecule has 0 atom stereocenters. The third kappa shape index (κ3) is 3.58. The molecule has 0 aliphatic rings. The van der Waals surface area contributed by atoms with Crippen LogP contribution in [-0.2, 0) is 6.54 Å². The van der Waals surface area contributed by atoms with Crippen LogP contribution in [0.4, 0.5) is 10.5 Å². The molecular formula is C15H15N3O3. The zero-order valence-electron chi connectivity index (χ0n) is 11.2. The minimum atomic E-state index is -1.04. The van der Waals surface area contributed by atoms with Crippen LogP contribution in [0.1, 0.15) is 15.9 Å². The molecule has 2 amide bonds. The van der Waals surface area contributed by atoms with Crippen LogP contribution in [-0.4, -0.2) is 17.1 Å². The zero-order chi connectivity index (χ0) is 15.2. The Morgan fingerprint density at radius 1 is 1.05 bits per heavy atom. The number of hydrazine groups is 1. The first kappa shape index (κ1) is 14.5. The van der Waals surface area contributed by atoms with Gasteiger partial charge >= 0.3 is 6.09 Å². The third-order valence-electron chi connectivity index (χ3n) is 2.99. The number of anilines is 1. The van der Waals surface area contributed by atoms with Gasteiger partial charge in [0.1, 0.15) is 0 Å². The van der Waals surface area contributed by atoms with E-state index in [1.807, 2.05) is 11.5 Å². The number of hydrogen-bond donors (Lipinski definition) is 3. The van der Waals surface area contributed by atoms with E-state index in [0.29, 0.717) is 11.3 Å². The molecule has 0 saturated heterocycles. The minimum absolute atomic E-state index is 0.198. The Balaban J connectivity index is 2.18. The molecule has 0 heterocycles. The highest BCUT2D eigenvalue weighted by atomic mass is 16.4. The van der Waals surface area contributed by atoms with Gasteiger partial charge in [-0.05, 0) is 29.8 Å². The summed E-state index contributed by atoms with van der Waals surface area (Å²) in [5.41, 5.74) is 3.83. The Morgan fingerprint density at radius 2 is 1.67 bits per heavy atom. The second-order valence-electron chi connectivity index (χ2n) is 4.37. The van der Waals surface area contributed by atoms with Gasteiger partial charge in [0.15, 0.2) is 0 Å². The first-order valence-electron chi connectivity index (χ1n) is 6.27. The molecular weight excluding hydrogens is 270 g/mol. The van der Waals surface area contributed by atoms with Gasteiger partial charge in [-0.25, -0.2) is 10.6 Å². The summed E-state index contributed by atoms with van der Waals surface area (Å²) in [4.78, 5) is 23.9. The Kier molecular flexibility index (Phi) is 4.53. The molecule has 6 nitrogen and oxygen atoms in total. The zero-order valence-corrected chi connectivity index (χ0v) is 11.2. The fourth-order valence-corrected chi connectivity index (χ4v) is 1.90. The second kappa shape index (κ2) is 6.53. The molecule has 0 saturated carbocycles. The second-order valence-corrected chi connectivity index (χ2v) is 4.37. The van der Waals surface area contributed by atoms with E-state index in [4.69, 9.17) is 5.84 Å². The lowest BCUT2D eigenvalue weighted by Gasteiger charge is -2.19. The van der Waals surface area contributed by atoms with E-state index in [9.17, 15) is 14.7 Å². The molecule has 6 heteroatoms. The average molecular weight is 285 g/mol. The Labute approximate surface area is 121 Å². The number of amides is 2. The van der Waals surface area contributed by atoms with Crippen LogP contribution in [0.25, 0.3) is 0 Å². The molecule has 0 aliphatic heterocycles. The standard InChI is InChI=1S/C15H15N3O3/c16-17-14(19)12-8-6-11(7-9-12)10-18(15(20)21)13-4-2-1-3-5-13/h1-9H,10,16H2,(H,17,19)(H,20,21). The van der Waals surface area contributed by atoms with Crippen molar-refractivity contribution in [2.24, 2.45) is 5.84 Å². The van der Waals surface area contributed by atoms with E-state index < -0.39 is 6.09 Å².